The molecule has 110 valence electrons. The molecule has 1 unspecified atom stereocenters. The Kier molecular flexibility index (Phi) is 11.1. The highest BCUT2D eigenvalue weighted by Crippen LogP contribution is 2.30. The van der Waals surface area contributed by atoms with Gasteiger partial charge >= 0.3 is 0 Å². The molecule has 0 aromatic heterocycles. The zero-order valence-electron chi connectivity index (χ0n) is 13.6. The molecule has 0 N–H and O–H groups in total. The van der Waals surface area contributed by atoms with Gasteiger partial charge in [0.25, 0.3) is 0 Å². The maximum Gasteiger partial charge on any atom is 0.0593 e. The fraction of sp³-hybridized carbons (Fsp3) is 1.00. The van der Waals surface area contributed by atoms with Crippen LogP contribution >= 0.6 is 0 Å². The molecule has 0 heterocycles. The van der Waals surface area contributed by atoms with Gasteiger partial charge in [-0.15, -0.1) is 0 Å². The summed E-state index contributed by atoms with van der Waals surface area (Å²) in [6.07, 6.45) is 13.0. The molecule has 18 heavy (non-hydrogen) atoms. The van der Waals surface area contributed by atoms with Crippen molar-refractivity contribution in [2.24, 2.45) is 0 Å². The third-order valence-corrected chi connectivity index (χ3v) is 4.30. The lowest BCUT2D eigenvalue weighted by Gasteiger charge is -2.30. The first-order valence-electron chi connectivity index (χ1n) is 8.14. The lowest BCUT2D eigenvalue weighted by molar-refractivity contribution is 0.0295. The van der Waals surface area contributed by atoms with Crippen LogP contribution in [0.5, 0.6) is 0 Å². The van der Waals surface area contributed by atoms with Gasteiger partial charge in [0.05, 0.1) is 6.10 Å². The maximum absolute atomic E-state index is 5.90. The molecule has 0 amide bonds. The predicted molar refractivity (Wildman–Crippen MR) is 86.6 cm³/mol. The Hall–Kier alpha value is 0.177. The van der Waals surface area contributed by atoms with E-state index in [9.17, 15) is 0 Å². The minimum absolute atomic E-state index is 0.428. The monoisotopic (exact) mass is 272 g/mol. The Morgan fingerprint density at radius 3 is 1.83 bits per heavy atom. The van der Waals surface area contributed by atoms with Crippen molar-refractivity contribution >= 4 is 10.2 Å². The topological polar surface area (TPSA) is 9.23 Å². The van der Waals surface area contributed by atoms with Crippen LogP contribution in [0.15, 0.2) is 0 Å². The van der Waals surface area contributed by atoms with E-state index in [1.165, 1.54) is 68.0 Å². The fourth-order valence-corrected chi connectivity index (χ4v) is 2.89. The van der Waals surface area contributed by atoms with E-state index in [0.717, 1.165) is 6.61 Å². The fourth-order valence-electron chi connectivity index (χ4n) is 2.43. The van der Waals surface area contributed by atoms with Crippen molar-refractivity contribution in [2.75, 3.05) is 6.61 Å². The number of hydrogen-bond donors (Lipinski definition) is 0. The molecule has 0 radical (unpaired) electrons. The van der Waals surface area contributed by atoms with Gasteiger partial charge in [0.1, 0.15) is 0 Å². The first-order chi connectivity index (χ1) is 8.52. The summed E-state index contributed by atoms with van der Waals surface area (Å²) in [5, 5.41) is 0.428. The van der Waals surface area contributed by atoms with E-state index in [4.69, 9.17) is 4.74 Å². The first-order valence-corrected chi connectivity index (χ1v) is 9.14. The van der Waals surface area contributed by atoms with E-state index in [1.54, 1.807) is 0 Å². The van der Waals surface area contributed by atoms with Crippen molar-refractivity contribution in [1.82, 2.24) is 0 Å². The van der Waals surface area contributed by atoms with E-state index in [0.29, 0.717) is 11.1 Å². The van der Waals surface area contributed by atoms with Gasteiger partial charge in [0, 0.05) is 16.8 Å². The van der Waals surface area contributed by atoms with Crippen LogP contribution in [-0.4, -0.2) is 23.0 Å². The van der Waals surface area contributed by atoms with Crippen molar-refractivity contribution in [3.8, 4) is 0 Å². The van der Waals surface area contributed by atoms with Crippen molar-refractivity contribution in [1.29, 1.82) is 0 Å². The molecule has 2 heteroatoms. The minimum atomic E-state index is 0.428. The van der Waals surface area contributed by atoms with Gasteiger partial charge < -0.3 is 4.74 Å². The van der Waals surface area contributed by atoms with Crippen LogP contribution in [0.25, 0.3) is 0 Å². The number of ether oxygens (including phenoxy) is 1. The highest BCUT2D eigenvalue weighted by molar-refractivity contribution is 6.15. The number of hydrogen-bond acceptors (Lipinski definition) is 1. The molecule has 0 saturated carbocycles. The molecule has 0 aliphatic heterocycles. The largest absolute Gasteiger partial charge is 0.378 e. The van der Waals surface area contributed by atoms with Crippen LogP contribution in [0.4, 0.5) is 0 Å². The van der Waals surface area contributed by atoms with Gasteiger partial charge in [0.2, 0.25) is 0 Å². The van der Waals surface area contributed by atoms with E-state index < -0.39 is 0 Å². The highest BCUT2D eigenvalue weighted by atomic mass is 28.1. The Bertz CT molecular complexity index is 174. The van der Waals surface area contributed by atoms with Crippen molar-refractivity contribution in [2.45, 2.75) is 96.6 Å². The van der Waals surface area contributed by atoms with E-state index in [-0.39, 0.29) is 0 Å². The third-order valence-electron chi connectivity index (χ3n) is 3.65. The lowest BCUT2D eigenvalue weighted by Crippen LogP contribution is -2.26. The van der Waals surface area contributed by atoms with Gasteiger partial charge in [0.15, 0.2) is 0 Å². The smallest absolute Gasteiger partial charge is 0.0593 e. The molecule has 1 atom stereocenters. The summed E-state index contributed by atoms with van der Waals surface area (Å²) in [6, 6.07) is 0. The Morgan fingerprint density at radius 1 is 0.889 bits per heavy atom. The van der Waals surface area contributed by atoms with Gasteiger partial charge in [-0.2, -0.15) is 0 Å². The van der Waals surface area contributed by atoms with Gasteiger partial charge in [-0.05, 0) is 18.4 Å². The molecule has 0 rings (SSSR count). The molecular weight excluding hydrogens is 236 g/mol. The zero-order valence-corrected chi connectivity index (χ0v) is 15.6. The summed E-state index contributed by atoms with van der Waals surface area (Å²) in [7, 11) is 1.22. The quantitative estimate of drug-likeness (QED) is 0.376. The third kappa shape index (κ3) is 10.1. The normalized spacial score (nSPS) is 14.0. The molecule has 1 nitrogen and oxygen atoms in total. The van der Waals surface area contributed by atoms with Gasteiger partial charge in [-0.1, -0.05) is 72.1 Å². The molecule has 0 bridgehead atoms. The Labute approximate surface area is 118 Å². The molecule has 0 fully saturated rings. The van der Waals surface area contributed by atoms with Crippen LogP contribution in [0.1, 0.15) is 85.5 Å². The summed E-state index contributed by atoms with van der Waals surface area (Å²) < 4.78 is 5.90. The van der Waals surface area contributed by atoms with E-state index in [2.05, 4.69) is 27.7 Å². The molecule has 0 saturated heterocycles. The first kappa shape index (κ1) is 18.2. The summed E-state index contributed by atoms with van der Waals surface area (Å²) in [5.74, 6) is 0. The average Bonchev–Trinajstić information content (AvgIpc) is 2.30. The number of rotatable bonds is 12. The summed E-state index contributed by atoms with van der Waals surface area (Å²) in [6.45, 7) is 9.97. The highest BCUT2D eigenvalue weighted by Gasteiger charge is 2.24. The molecule has 0 aromatic rings. The maximum atomic E-state index is 5.90. The van der Waals surface area contributed by atoms with Gasteiger partial charge in [-0.25, -0.2) is 0 Å². The van der Waals surface area contributed by atoms with Crippen LogP contribution in [-0.2, 0) is 4.74 Å². The summed E-state index contributed by atoms with van der Waals surface area (Å²) in [5.41, 5.74) is 0. The second-order valence-electron chi connectivity index (χ2n) is 6.57. The van der Waals surface area contributed by atoms with Gasteiger partial charge in [-0.3, -0.25) is 0 Å². The standard InChI is InChI=1S/C16H36OSi/c1-5-7-8-9-10-11-12-13-14-15(17-6-2)16(3,4)18/h15H,5-14H2,1-4,18H3. The summed E-state index contributed by atoms with van der Waals surface area (Å²) in [4.78, 5) is 0. The molecule has 0 aliphatic carbocycles. The Balaban J connectivity index is 3.50. The second kappa shape index (κ2) is 11.0. The van der Waals surface area contributed by atoms with Crippen LogP contribution in [0, 0.1) is 0 Å². The minimum Gasteiger partial charge on any atom is -0.378 e. The van der Waals surface area contributed by atoms with Crippen molar-refractivity contribution in [3.05, 3.63) is 0 Å². The molecule has 0 aromatic carbocycles. The van der Waals surface area contributed by atoms with E-state index >= 15 is 0 Å². The lowest BCUT2D eigenvalue weighted by atomic mass is 9.98. The summed E-state index contributed by atoms with van der Waals surface area (Å²) >= 11 is 0. The van der Waals surface area contributed by atoms with E-state index in [1.807, 2.05) is 0 Å². The Morgan fingerprint density at radius 2 is 1.39 bits per heavy atom. The molecular formula is C16H36OSi. The average molecular weight is 273 g/mol. The zero-order chi connectivity index (χ0) is 13.9. The van der Waals surface area contributed by atoms with Crippen LogP contribution < -0.4 is 0 Å². The second-order valence-corrected chi connectivity index (χ2v) is 9.15. The van der Waals surface area contributed by atoms with Crippen molar-refractivity contribution in [3.63, 3.8) is 0 Å². The number of unbranched alkanes of at least 4 members (excludes halogenated alkanes) is 7. The predicted octanol–water partition coefficient (Wildman–Crippen LogP) is 4.49. The van der Waals surface area contributed by atoms with Crippen LogP contribution in [0.2, 0.25) is 5.04 Å². The SMILES string of the molecule is CCCCCCCCCCC(OCC)C(C)(C)[SiH3]. The van der Waals surface area contributed by atoms with Crippen LogP contribution in [0.3, 0.4) is 0 Å². The van der Waals surface area contributed by atoms with Crippen molar-refractivity contribution < 1.29 is 4.74 Å². The molecule has 0 spiro atoms. The molecule has 0 aliphatic rings.